The van der Waals surface area contributed by atoms with Crippen molar-refractivity contribution in [2.75, 3.05) is 31.2 Å². The van der Waals surface area contributed by atoms with Gasteiger partial charge in [-0.3, -0.25) is 4.79 Å². The quantitative estimate of drug-likeness (QED) is 0.381. The molecule has 3 N–H and O–H groups in total. The number of hydrogen-bond donors (Lipinski definition) is 3. The standard InChI is InChI=1S/C24H38N4O5S/c1-34(32,33)28-16-8-10-19(17-28)23(29)27-21(24(30)31)12-6-4-2-3-5-11-20-14-13-18-9-7-15-25-22(18)26-20/h13-14,19,21H,2-12,15-17H2,1H3,(H,25,26)(H,27,29)(H,30,31)/t19-,21+/m1/s1. The molecule has 190 valence electrons. The number of pyridine rings is 1. The maximum Gasteiger partial charge on any atom is 0.326 e. The van der Waals surface area contributed by atoms with Crippen LogP contribution in [0.3, 0.4) is 0 Å². The molecular formula is C24H38N4O5S. The van der Waals surface area contributed by atoms with Crippen LogP contribution >= 0.6 is 0 Å². The Balaban J connectivity index is 1.33. The van der Waals surface area contributed by atoms with Crippen LogP contribution < -0.4 is 10.6 Å². The lowest BCUT2D eigenvalue weighted by atomic mass is 9.97. The number of piperidine rings is 1. The van der Waals surface area contributed by atoms with Crippen molar-refractivity contribution in [3.05, 3.63) is 23.4 Å². The summed E-state index contributed by atoms with van der Waals surface area (Å²) in [6.07, 6.45) is 10.6. The van der Waals surface area contributed by atoms with E-state index in [-0.39, 0.29) is 12.5 Å². The van der Waals surface area contributed by atoms with Crippen molar-refractivity contribution in [3.8, 4) is 0 Å². The number of rotatable bonds is 12. The molecule has 0 aromatic carbocycles. The lowest BCUT2D eigenvalue weighted by Crippen LogP contribution is -2.49. The number of aryl methyl sites for hydroxylation is 2. The van der Waals surface area contributed by atoms with E-state index >= 15 is 0 Å². The third-order valence-electron chi connectivity index (χ3n) is 6.72. The molecule has 1 amide bonds. The number of nitrogens with one attached hydrogen (secondary N) is 2. The van der Waals surface area contributed by atoms with Crippen LogP contribution in [0.5, 0.6) is 0 Å². The Kier molecular flexibility index (Phi) is 9.70. The minimum atomic E-state index is -3.35. The maximum absolute atomic E-state index is 12.6. The van der Waals surface area contributed by atoms with Crippen molar-refractivity contribution in [3.63, 3.8) is 0 Å². The third kappa shape index (κ3) is 7.94. The van der Waals surface area contributed by atoms with Gasteiger partial charge in [0, 0.05) is 25.3 Å². The topological polar surface area (TPSA) is 129 Å². The highest BCUT2D eigenvalue weighted by Gasteiger charge is 2.32. The van der Waals surface area contributed by atoms with Gasteiger partial charge in [-0.15, -0.1) is 0 Å². The number of carbonyl (C=O) groups excluding carboxylic acids is 1. The summed E-state index contributed by atoms with van der Waals surface area (Å²) in [6.45, 7) is 1.51. The van der Waals surface area contributed by atoms with E-state index in [2.05, 4.69) is 22.8 Å². The fourth-order valence-electron chi connectivity index (χ4n) is 4.70. The number of aromatic nitrogens is 1. The highest BCUT2D eigenvalue weighted by Crippen LogP contribution is 2.21. The largest absolute Gasteiger partial charge is 0.480 e. The summed E-state index contributed by atoms with van der Waals surface area (Å²) >= 11 is 0. The minimum absolute atomic E-state index is 0.117. The Morgan fingerprint density at radius 3 is 2.74 bits per heavy atom. The molecular weight excluding hydrogens is 456 g/mol. The van der Waals surface area contributed by atoms with Gasteiger partial charge >= 0.3 is 5.97 Å². The van der Waals surface area contributed by atoms with Crippen molar-refractivity contribution >= 4 is 27.7 Å². The van der Waals surface area contributed by atoms with Crippen molar-refractivity contribution < 1.29 is 23.1 Å². The maximum atomic E-state index is 12.6. The molecule has 0 bridgehead atoms. The molecule has 0 unspecified atom stereocenters. The Hall–Kier alpha value is -2.20. The molecule has 3 rings (SSSR count). The zero-order valence-electron chi connectivity index (χ0n) is 20.1. The van der Waals surface area contributed by atoms with E-state index in [1.165, 1.54) is 9.87 Å². The molecule has 2 atom stereocenters. The van der Waals surface area contributed by atoms with Crippen LogP contribution in [0.25, 0.3) is 0 Å². The van der Waals surface area contributed by atoms with Gasteiger partial charge in [-0.05, 0) is 56.6 Å². The Morgan fingerprint density at radius 2 is 1.97 bits per heavy atom. The minimum Gasteiger partial charge on any atom is -0.480 e. The molecule has 1 saturated heterocycles. The molecule has 9 nitrogen and oxygen atoms in total. The molecule has 2 aliphatic heterocycles. The molecule has 34 heavy (non-hydrogen) atoms. The second-order valence-electron chi connectivity index (χ2n) is 9.51. The predicted octanol–water partition coefficient (Wildman–Crippen LogP) is 2.56. The summed E-state index contributed by atoms with van der Waals surface area (Å²) in [6, 6.07) is 3.36. The van der Waals surface area contributed by atoms with E-state index in [0.717, 1.165) is 75.7 Å². The van der Waals surface area contributed by atoms with Gasteiger partial charge in [0.1, 0.15) is 11.9 Å². The van der Waals surface area contributed by atoms with Gasteiger partial charge in [0.15, 0.2) is 0 Å². The summed E-state index contributed by atoms with van der Waals surface area (Å²) in [7, 11) is -3.35. The van der Waals surface area contributed by atoms with E-state index in [0.29, 0.717) is 25.8 Å². The number of nitrogens with zero attached hydrogens (tertiary/aromatic N) is 2. The number of amides is 1. The summed E-state index contributed by atoms with van der Waals surface area (Å²) in [4.78, 5) is 28.9. The number of anilines is 1. The molecule has 1 aromatic rings. The number of fused-ring (bicyclic) bond motifs is 1. The predicted molar refractivity (Wildman–Crippen MR) is 131 cm³/mol. The smallest absolute Gasteiger partial charge is 0.326 e. The lowest BCUT2D eigenvalue weighted by Gasteiger charge is -2.30. The van der Waals surface area contributed by atoms with E-state index in [9.17, 15) is 23.1 Å². The normalized spacial score (nSPS) is 19.6. The van der Waals surface area contributed by atoms with Gasteiger partial charge < -0.3 is 15.7 Å². The first-order valence-corrected chi connectivity index (χ1v) is 14.3. The molecule has 0 spiro atoms. The first-order valence-electron chi connectivity index (χ1n) is 12.4. The van der Waals surface area contributed by atoms with Gasteiger partial charge in [-0.1, -0.05) is 31.7 Å². The van der Waals surface area contributed by atoms with Crippen molar-refractivity contribution in [1.82, 2.24) is 14.6 Å². The fraction of sp³-hybridized carbons (Fsp3) is 0.708. The number of hydrogen-bond acceptors (Lipinski definition) is 6. The van der Waals surface area contributed by atoms with Gasteiger partial charge in [-0.25, -0.2) is 22.5 Å². The fourth-order valence-corrected chi connectivity index (χ4v) is 5.61. The zero-order chi connectivity index (χ0) is 24.6. The van der Waals surface area contributed by atoms with Crippen LogP contribution in [0.2, 0.25) is 0 Å². The highest BCUT2D eigenvalue weighted by molar-refractivity contribution is 7.88. The molecule has 0 saturated carbocycles. The highest BCUT2D eigenvalue weighted by atomic mass is 32.2. The van der Waals surface area contributed by atoms with Crippen molar-refractivity contribution in [2.24, 2.45) is 5.92 Å². The monoisotopic (exact) mass is 494 g/mol. The second kappa shape index (κ2) is 12.5. The number of unbranched alkanes of at least 4 members (excludes halogenated alkanes) is 4. The van der Waals surface area contributed by atoms with E-state index < -0.39 is 28.0 Å². The average Bonchev–Trinajstić information content (AvgIpc) is 2.81. The van der Waals surface area contributed by atoms with Crippen LogP contribution in [0.1, 0.15) is 69.0 Å². The average molecular weight is 495 g/mol. The van der Waals surface area contributed by atoms with Gasteiger partial charge in [-0.2, -0.15) is 0 Å². The van der Waals surface area contributed by atoms with Crippen LogP contribution in [0.4, 0.5) is 5.82 Å². The van der Waals surface area contributed by atoms with E-state index in [1.54, 1.807) is 0 Å². The van der Waals surface area contributed by atoms with E-state index in [4.69, 9.17) is 4.98 Å². The number of carboxylic acids is 1. The summed E-state index contributed by atoms with van der Waals surface area (Å²) in [5, 5.41) is 15.5. The van der Waals surface area contributed by atoms with Gasteiger partial charge in [0.2, 0.25) is 15.9 Å². The summed E-state index contributed by atoms with van der Waals surface area (Å²) in [5.74, 6) is -0.885. The lowest BCUT2D eigenvalue weighted by molar-refractivity contribution is -0.143. The molecule has 0 aliphatic carbocycles. The molecule has 1 fully saturated rings. The number of sulfonamides is 1. The number of carboxylic acid groups (broad SMARTS) is 1. The molecule has 10 heteroatoms. The van der Waals surface area contributed by atoms with Crippen LogP contribution in [0.15, 0.2) is 12.1 Å². The van der Waals surface area contributed by atoms with Gasteiger partial charge in [0.05, 0.1) is 12.2 Å². The number of carbonyl (C=O) groups is 2. The first-order chi connectivity index (χ1) is 16.2. The van der Waals surface area contributed by atoms with Crippen molar-refractivity contribution in [2.45, 2.75) is 76.7 Å². The van der Waals surface area contributed by atoms with Crippen LogP contribution in [0, 0.1) is 5.92 Å². The van der Waals surface area contributed by atoms with Crippen LogP contribution in [-0.4, -0.2) is 66.6 Å². The molecule has 3 heterocycles. The third-order valence-corrected chi connectivity index (χ3v) is 7.99. The number of aliphatic carboxylic acids is 1. The van der Waals surface area contributed by atoms with Gasteiger partial charge in [0.25, 0.3) is 0 Å². The van der Waals surface area contributed by atoms with E-state index in [1.807, 2.05) is 0 Å². The second-order valence-corrected chi connectivity index (χ2v) is 11.5. The molecule has 0 radical (unpaired) electrons. The summed E-state index contributed by atoms with van der Waals surface area (Å²) < 4.78 is 24.8. The van der Waals surface area contributed by atoms with Crippen molar-refractivity contribution in [1.29, 1.82) is 0 Å². The summed E-state index contributed by atoms with van der Waals surface area (Å²) in [5.41, 5.74) is 2.41. The molecule has 2 aliphatic rings. The molecule has 1 aromatic heterocycles. The Bertz CT molecular complexity index is 953. The SMILES string of the molecule is CS(=O)(=O)N1CCC[C@@H](C(=O)N[C@@H](CCCCCCCc2ccc3c(n2)NCCC3)C(=O)O)C1. The Labute approximate surface area is 202 Å². The first kappa shape index (κ1) is 26.4. The zero-order valence-corrected chi connectivity index (χ0v) is 20.9. The van der Waals surface area contributed by atoms with Crippen LogP contribution in [-0.2, 0) is 32.5 Å². The Morgan fingerprint density at radius 1 is 1.21 bits per heavy atom.